The fourth-order valence-corrected chi connectivity index (χ4v) is 5.49. The highest BCUT2D eigenvalue weighted by molar-refractivity contribution is 7.88. The Morgan fingerprint density at radius 1 is 1.10 bits per heavy atom. The van der Waals surface area contributed by atoms with E-state index in [1.54, 1.807) is 0 Å². The number of rotatable bonds is 2. The van der Waals surface area contributed by atoms with Crippen molar-refractivity contribution in [3.8, 4) is 11.1 Å². The lowest BCUT2D eigenvalue weighted by molar-refractivity contribution is -0.132. The van der Waals surface area contributed by atoms with E-state index < -0.39 is 10.0 Å². The molecule has 7 heteroatoms. The average molecular weight is 443 g/mol. The minimum atomic E-state index is -3.36. The number of sulfonamides is 1. The van der Waals surface area contributed by atoms with E-state index in [0.29, 0.717) is 39.0 Å². The molecular weight excluding hydrogens is 412 g/mol. The quantitative estimate of drug-likeness (QED) is 0.775. The van der Waals surface area contributed by atoms with Crippen LogP contribution in [0.2, 0.25) is 0 Å². The Bertz CT molecular complexity index is 1040. The normalized spacial score (nSPS) is 22.9. The Hall–Kier alpha value is -2.22. The van der Waals surface area contributed by atoms with Crippen molar-refractivity contribution in [2.24, 2.45) is 0 Å². The second-order valence-corrected chi connectivity index (χ2v) is 10.3. The van der Waals surface area contributed by atoms with Gasteiger partial charge in [0.1, 0.15) is 0 Å². The summed E-state index contributed by atoms with van der Waals surface area (Å²) in [6, 6.07) is 16.1. The molecule has 1 saturated heterocycles. The van der Waals surface area contributed by atoms with Gasteiger partial charge in [0, 0.05) is 25.6 Å². The number of nitrogens with zero attached hydrogens (tertiary/aromatic N) is 1. The highest BCUT2D eigenvalue weighted by Gasteiger charge is 2.38. The summed E-state index contributed by atoms with van der Waals surface area (Å²) in [7, 11) is -3.36. The predicted molar refractivity (Wildman–Crippen MR) is 121 cm³/mol. The Balaban J connectivity index is 1.69. The summed E-state index contributed by atoms with van der Waals surface area (Å²) < 4.78 is 32.5. The van der Waals surface area contributed by atoms with Crippen LogP contribution < -0.4 is 4.72 Å². The van der Waals surface area contributed by atoms with Crippen LogP contribution >= 0.6 is 0 Å². The van der Waals surface area contributed by atoms with Crippen LogP contribution in [0, 0.1) is 0 Å². The maximum atomic E-state index is 13.0. The fourth-order valence-electron chi connectivity index (χ4n) is 4.67. The second kappa shape index (κ2) is 9.51. The minimum absolute atomic E-state index is 0.0945. The Morgan fingerprint density at radius 3 is 2.77 bits per heavy atom. The van der Waals surface area contributed by atoms with Gasteiger partial charge in [0.05, 0.1) is 18.9 Å². The Labute approximate surface area is 184 Å². The molecular formula is C24H30N2O4S. The molecule has 0 aromatic heterocycles. The van der Waals surface area contributed by atoms with Gasteiger partial charge in [-0.1, -0.05) is 48.5 Å². The van der Waals surface area contributed by atoms with Gasteiger partial charge >= 0.3 is 0 Å². The smallest absolute Gasteiger partial charge is 0.222 e. The predicted octanol–water partition coefficient (Wildman–Crippen LogP) is 3.12. The molecule has 2 atom stereocenters. The van der Waals surface area contributed by atoms with Gasteiger partial charge in [-0.2, -0.15) is 0 Å². The van der Waals surface area contributed by atoms with Crippen LogP contribution in [-0.2, 0) is 32.6 Å². The standard InChI is InChI=1S/C24H30N2O4S/c1-31(28,29)25-22-12-13-26-23(22)16-18-7-6-9-19(15-18)21-10-3-2-8-20(21)17-30-14-5-4-11-24(26)27/h2-3,6-10,15,22-23,25H,4-5,11-14,16-17H2,1H3. The molecule has 2 aliphatic rings. The number of amides is 1. The van der Waals surface area contributed by atoms with E-state index in [0.717, 1.165) is 35.1 Å². The van der Waals surface area contributed by atoms with Gasteiger partial charge in [0.15, 0.2) is 0 Å². The summed E-state index contributed by atoms with van der Waals surface area (Å²) in [5.74, 6) is 0.0945. The third-order valence-corrected chi connectivity index (χ3v) is 6.85. The molecule has 1 amide bonds. The third-order valence-electron chi connectivity index (χ3n) is 6.12. The van der Waals surface area contributed by atoms with Crippen molar-refractivity contribution in [3.05, 3.63) is 59.7 Å². The van der Waals surface area contributed by atoms with Crippen LogP contribution in [0.1, 0.15) is 36.8 Å². The van der Waals surface area contributed by atoms with Crippen molar-refractivity contribution >= 4 is 15.9 Å². The van der Waals surface area contributed by atoms with Crippen LogP contribution in [0.3, 0.4) is 0 Å². The van der Waals surface area contributed by atoms with Crippen LogP contribution in [-0.4, -0.2) is 50.7 Å². The summed E-state index contributed by atoms with van der Waals surface area (Å²) in [6.07, 6.45) is 4.48. The number of hydrogen-bond acceptors (Lipinski definition) is 4. The average Bonchev–Trinajstić information content (AvgIpc) is 3.11. The van der Waals surface area contributed by atoms with E-state index in [-0.39, 0.29) is 18.0 Å². The summed E-state index contributed by atoms with van der Waals surface area (Å²) >= 11 is 0. The van der Waals surface area contributed by atoms with Crippen molar-refractivity contribution < 1.29 is 17.9 Å². The van der Waals surface area contributed by atoms with Crippen molar-refractivity contribution in [1.29, 1.82) is 0 Å². The summed E-state index contributed by atoms with van der Waals surface area (Å²) in [5, 5.41) is 0. The van der Waals surface area contributed by atoms with Crippen LogP contribution in [0.5, 0.6) is 0 Å². The number of benzene rings is 2. The molecule has 166 valence electrons. The zero-order chi connectivity index (χ0) is 21.8. The number of carbonyl (C=O) groups excluding carboxylic acids is 1. The van der Waals surface area contributed by atoms with Gasteiger partial charge < -0.3 is 9.64 Å². The molecule has 0 saturated carbocycles. The molecule has 4 rings (SSSR count). The SMILES string of the molecule is CS(=O)(=O)NC1CCN2C(=O)CCCCOCc3ccccc3-c3cccc(c3)CC12. The molecule has 2 heterocycles. The van der Waals surface area contributed by atoms with Crippen molar-refractivity contribution in [1.82, 2.24) is 9.62 Å². The lowest BCUT2D eigenvalue weighted by atomic mass is 9.95. The van der Waals surface area contributed by atoms with E-state index in [9.17, 15) is 13.2 Å². The van der Waals surface area contributed by atoms with Crippen molar-refractivity contribution in [3.63, 3.8) is 0 Å². The van der Waals surface area contributed by atoms with E-state index in [4.69, 9.17) is 4.74 Å². The highest BCUT2D eigenvalue weighted by atomic mass is 32.2. The first-order valence-electron chi connectivity index (χ1n) is 10.9. The topological polar surface area (TPSA) is 75.7 Å². The van der Waals surface area contributed by atoms with E-state index in [1.807, 2.05) is 23.1 Å². The van der Waals surface area contributed by atoms with Gasteiger partial charge in [-0.3, -0.25) is 4.79 Å². The maximum Gasteiger partial charge on any atom is 0.222 e. The molecule has 31 heavy (non-hydrogen) atoms. The van der Waals surface area contributed by atoms with E-state index >= 15 is 0 Å². The number of ether oxygens (including phenoxy) is 1. The summed E-state index contributed by atoms with van der Waals surface area (Å²) in [6.45, 7) is 1.74. The van der Waals surface area contributed by atoms with Crippen LogP contribution in [0.25, 0.3) is 11.1 Å². The van der Waals surface area contributed by atoms with E-state index in [2.05, 4.69) is 35.1 Å². The first-order chi connectivity index (χ1) is 14.9. The molecule has 2 aromatic carbocycles. The number of fused-ring (bicyclic) bond motifs is 5. The third kappa shape index (κ3) is 5.53. The summed E-state index contributed by atoms with van der Waals surface area (Å²) in [4.78, 5) is 14.8. The maximum absolute atomic E-state index is 13.0. The second-order valence-electron chi connectivity index (χ2n) is 8.51. The lowest BCUT2D eigenvalue weighted by Gasteiger charge is -2.29. The molecule has 2 aromatic rings. The molecule has 2 bridgehead atoms. The first kappa shape index (κ1) is 22.0. The first-order valence-corrected chi connectivity index (χ1v) is 12.8. The monoisotopic (exact) mass is 442 g/mol. The number of carbonyl (C=O) groups is 1. The highest BCUT2D eigenvalue weighted by Crippen LogP contribution is 2.29. The Morgan fingerprint density at radius 2 is 1.94 bits per heavy atom. The van der Waals surface area contributed by atoms with Crippen LogP contribution in [0.4, 0.5) is 0 Å². The molecule has 0 aliphatic carbocycles. The van der Waals surface area contributed by atoms with Crippen molar-refractivity contribution in [2.75, 3.05) is 19.4 Å². The molecule has 0 spiro atoms. The molecule has 1 fully saturated rings. The lowest BCUT2D eigenvalue weighted by Crippen LogP contribution is -2.47. The molecule has 0 radical (unpaired) electrons. The molecule has 2 aliphatic heterocycles. The molecule has 6 nitrogen and oxygen atoms in total. The zero-order valence-electron chi connectivity index (χ0n) is 17.9. The van der Waals surface area contributed by atoms with Crippen molar-refractivity contribution in [2.45, 2.75) is 50.8 Å². The Kier molecular flexibility index (Phi) is 6.74. The van der Waals surface area contributed by atoms with E-state index in [1.165, 1.54) is 6.26 Å². The van der Waals surface area contributed by atoms with Gasteiger partial charge in [-0.25, -0.2) is 13.1 Å². The number of hydrogen-bond donors (Lipinski definition) is 1. The van der Waals surface area contributed by atoms with Gasteiger partial charge in [-0.05, 0) is 47.9 Å². The van der Waals surface area contributed by atoms with Gasteiger partial charge in [0.25, 0.3) is 0 Å². The summed E-state index contributed by atoms with van der Waals surface area (Å²) in [5.41, 5.74) is 4.48. The largest absolute Gasteiger partial charge is 0.377 e. The van der Waals surface area contributed by atoms with Gasteiger partial charge in [-0.15, -0.1) is 0 Å². The van der Waals surface area contributed by atoms with Gasteiger partial charge in [0.2, 0.25) is 15.9 Å². The zero-order valence-corrected chi connectivity index (χ0v) is 18.7. The van der Waals surface area contributed by atoms with Crippen LogP contribution in [0.15, 0.2) is 48.5 Å². The minimum Gasteiger partial charge on any atom is -0.377 e. The number of nitrogens with one attached hydrogen (secondary N) is 1. The fraction of sp³-hybridized carbons (Fsp3) is 0.458. The molecule has 1 N–H and O–H groups in total. The molecule has 2 unspecified atom stereocenters.